The Morgan fingerprint density at radius 1 is 1.20 bits per heavy atom. The van der Waals surface area contributed by atoms with Gasteiger partial charge in [-0.1, -0.05) is 0 Å². The molecule has 15 heavy (non-hydrogen) atoms. The highest BCUT2D eigenvalue weighted by molar-refractivity contribution is 6.14. The lowest BCUT2D eigenvalue weighted by Crippen LogP contribution is -2.60. The van der Waals surface area contributed by atoms with Gasteiger partial charge in [-0.15, -0.1) is 0 Å². The molecule has 0 aromatic heterocycles. The maximum Gasteiger partial charge on any atom is 0.409 e. The topological polar surface area (TPSA) is 66.0 Å². The van der Waals surface area contributed by atoms with E-state index in [-0.39, 0.29) is 0 Å². The Balaban J connectivity index is 4.89. The van der Waals surface area contributed by atoms with Crippen molar-refractivity contribution in [2.75, 3.05) is 28.4 Å². The predicted octanol–water partition coefficient (Wildman–Crippen LogP) is -0.983. The molecule has 6 nitrogen and oxygen atoms in total. The summed E-state index contributed by atoms with van der Waals surface area (Å²) >= 11 is 0. The normalized spacial score (nSPS) is 15.8. The molecule has 7 heteroatoms. The number of carbonyl (C=O) groups excluding carboxylic acids is 1. The Morgan fingerprint density at radius 2 is 1.67 bits per heavy atom. The molecule has 1 amide bonds. The molecule has 1 N–H and O–H groups in total. The maximum absolute atomic E-state index is 11.2. The first kappa shape index (κ1) is 14.4. The predicted molar refractivity (Wildman–Crippen MR) is 57.6 cm³/mol. The summed E-state index contributed by atoms with van der Waals surface area (Å²) in [4.78, 5) is 11.2. The van der Waals surface area contributed by atoms with Crippen LogP contribution in [0.25, 0.3) is 0 Å². The van der Waals surface area contributed by atoms with Crippen LogP contribution >= 0.6 is 0 Å². The summed E-state index contributed by atoms with van der Waals surface area (Å²) < 4.78 is 20.7. The van der Waals surface area contributed by atoms with Crippen molar-refractivity contribution in [3.05, 3.63) is 0 Å². The second kappa shape index (κ2) is 5.45. The summed E-state index contributed by atoms with van der Waals surface area (Å²) in [7, 11) is 6.22. The SMILES string of the molecule is CNC(=O)OC([SiH3])(OC)C(C)(OC)OC. The van der Waals surface area contributed by atoms with E-state index in [9.17, 15) is 4.79 Å². The van der Waals surface area contributed by atoms with Crippen LogP contribution in [0.3, 0.4) is 0 Å². The van der Waals surface area contributed by atoms with Gasteiger partial charge >= 0.3 is 6.09 Å². The second-order valence-corrected chi connectivity index (χ2v) is 4.46. The molecule has 0 aromatic carbocycles. The van der Waals surface area contributed by atoms with Crippen LogP contribution in [0.4, 0.5) is 4.79 Å². The third kappa shape index (κ3) is 2.91. The zero-order valence-corrected chi connectivity index (χ0v) is 12.0. The molecule has 0 rings (SSSR count). The van der Waals surface area contributed by atoms with Gasteiger partial charge in [0.05, 0.1) is 0 Å². The van der Waals surface area contributed by atoms with E-state index in [1.807, 2.05) is 0 Å². The van der Waals surface area contributed by atoms with Crippen LogP contribution in [0.15, 0.2) is 0 Å². The van der Waals surface area contributed by atoms with Gasteiger partial charge in [0.15, 0.2) is 0 Å². The van der Waals surface area contributed by atoms with Crippen LogP contribution < -0.4 is 5.32 Å². The highest BCUT2D eigenvalue weighted by Crippen LogP contribution is 2.28. The van der Waals surface area contributed by atoms with Crippen molar-refractivity contribution in [3.8, 4) is 0 Å². The third-order valence-electron chi connectivity index (χ3n) is 2.49. The van der Waals surface area contributed by atoms with Gasteiger partial charge in [-0.25, -0.2) is 4.79 Å². The monoisotopic (exact) mass is 237 g/mol. The van der Waals surface area contributed by atoms with Gasteiger partial charge < -0.3 is 24.3 Å². The number of carbonyl (C=O) groups is 1. The van der Waals surface area contributed by atoms with Crippen LogP contribution in [0, 0.1) is 0 Å². The average molecular weight is 237 g/mol. The first-order valence-electron chi connectivity index (χ1n) is 4.45. The van der Waals surface area contributed by atoms with Gasteiger partial charge in [0, 0.05) is 28.4 Å². The van der Waals surface area contributed by atoms with Gasteiger partial charge in [0.1, 0.15) is 10.2 Å². The van der Waals surface area contributed by atoms with Crippen LogP contribution in [-0.2, 0) is 18.9 Å². The number of ether oxygens (including phenoxy) is 4. The minimum atomic E-state index is -1.20. The smallest absolute Gasteiger partial charge is 0.409 e. The molecular formula is C8H19NO5Si. The van der Waals surface area contributed by atoms with E-state index in [0.717, 1.165) is 0 Å². The van der Waals surface area contributed by atoms with E-state index in [1.54, 1.807) is 6.92 Å². The first-order valence-corrected chi connectivity index (χ1v) is 5.45. The molecule has 0 aliphatic carbocycles. The van der Waals surface area contributed by atoms with Crippen molar-refractivity contribution in [2.45, 2.75) is 18.1 Å². The molecular weight excluding hydrogens is 218 g/mol. The van der Waals surface area contributed by atoms with Crippen molar-refractivity contribution in [1.29, 1.82) is 0 Å². The lowest BCUT2D eigenvalue weighted by atomic mass is 10.3. The lowest BCUT2D eigenvalue weighted by Gasteiger charge is -2.41. The number of amides is 1. The van der Waals surface area contributed by atoms with Crippen LogP contribution in [0.2, 0.25) is 0 Å². The van der Waals surface area contributed by atoms with Crippen LogP contribution in [0.1, 0.15) is 6.92 Å². The number of hydrogen-bond acceptors (Lipinski definition) is 5. The third-order valence-corrected chi connectivity index (χ3v) is 4.01. The van der Waals surface area contributed by atoms with Gasteiger partial charge in [-0.2, -0.15) is 0 Å². The molecule has 1 atom stereocenters. The molecule has 0 heterocycles. The molecule has 90 valence electrons. The lowest BCUT2D eigenvalue weighted by molar-refractivity contribution is -0.331. The van der Waals surface area contributed by atoms with E-state index in [0.29, 0.717) is 10.2 Å². The number of rotatable bonds is 5. The fourth-order valence-electron chi connectivity index (χ4n) is 1.00. The average Bonchev–Trinajstić information content (AvgIpc) is 2.27. The van der Waals surface area contributed by atoms with Crippen molar-refractivity contribution >= 4 is 16.3 Å². The summed E-state index contributed by atoms with van der Waals surface area (Å²) in [5.41, 5.74) is -1.20. The van der Waals surface area contributed by atoms with Crippen molar-refractivity contribution in [1.82, 2.24) is 5.32 Å². The Kier molecular flexibility index (Phi) is 5.22. The molecule has 0 aliphatic heterocycles. The van der Waals surface area contributed by atoms with Gasteiger partial charge in [0.2, 0.25) is 11.2 Å². The van der Waals surface area contributed by atoms with Crippen molar-refractivity contribution in [3.63, 3.8) is 0 Å². The zero-order valence-electron chi connectivity index (χ0n) is 10.0. The second-order valence-electron chi connectivity index (χ2n) is 3.14. The van der Waals surface area contributed by atoms with Crippen LogP contribution in [-0.4, -0.2) is 55.9 Å². The Hall–Kier alpha value is -0.633. The quantitative estimate of drug-likeness (QED) is 0.491. The molecule has 0 spiro atoms. The van der Waals surface area contributed by atoms with Crippen molar-refractivity contribution in [2.24, 2.45) is 0 Å². The minimum absolute atomic E-state index is 0.393. The highest BCUT2D eigenvalue weighted by Gasteiger charge is 2.49. The maximum atomic E-state index is 11.2. The first-order chi connectivity index (χ1) is 6.89. The number of methoxy groups -OCH3 is 3. The molecule has 0 fully saturated rings. The number of hydrogen-bond donors (Lipinski definition) is 1. The molecule has 0 saturated carbocycles. The Bertz CT molecular complexity index is 221. The highest BCUT2D eigenvalue weighted by atomic mass is 28.1. The molecule has 0 saturated heterocycles. The Labute approximate surface area is 92.6 Å². The number of alkyl carbamates (subject to hydrolysis) is 1. The van der Waals surface area contributed by atoms with E-state index in [4.69, 9.17) is 18.9 Å². The largest absolute Gasteiger partial charge is 0.416 e. The molecule has 0 bridgehead atoms. The van der Waals surface area contributed by atoms with Crippen LogP contribution in [0.5, 0.6) is 0 Å². The summed E-state index contributed by atoms with van der Waals surface area (Å²) in [6.07, 6.45) is -0.591. The van der Waals surface area contributed by atoms with Gasteiger partial charge in [0.25, 0.3) is 0 Å². The van der Waals surface area contributed by atoms with Crippen molar-refractivity contribution < 1.29 is 23.7 Å². The summed E-state index contributed by atoms with van der Waals surface area (Å²) in [6.45, 7) is 1.65. The Morgan fingerprint density at radius 3 is 1.93 bits per heavy atom. The molecule has 0 aliphatic rings. The van der Waals surface area contributed by atoms with E-state index >= 15 is 0 Å². The standard InChI is InChI=1S/C8H19NO5Si/c1-7(11-3,12-4)8(15,13-5)14-6(10)9-2/h1-5,15H3,(H,9,10). The minimum Gasteiger partial charge on any atom is -0.416 e. The summed E-state index contributed by atoms with van der Waals surface area (Å²) in [6, 6.07) is 0. The summed E-state index contributed by atoms with van der Waals surface area (Å²) in [5, 5.41) is 2.35. The summed E-state index contributed by atoms with van der Waals surface area (Å²) in [5.74, 6) is -1.12. The van der Waals surface area contributed by atoms with E-state index < -0.39 is 17.3 Å². The zero-order chi connectivity index (χ0) is 12.1. The number of nitrogens with one attached hydrogen (secondary N) is 1. The molecule has 0 radical (unpaired) electrons. The fraction of sp³-hybridized carbons (Fsp3) is 0.875. The molecule has 0 aromatic rings. The van der Waals surface area contributed by atoms with E-state index in [1.165, 1.54) is 28.4 Å². The van der Waals surface area contributed by atoms with E-state index in [2.05, 4.69) is 5.32 Å². The molecule has 1 unspecified atom stereocenters. The van der Waals surface area contributed by atoms with Gasteiger partial charge in [-0.05, 0) is 6.92 Å². The fourth-order valence-corrected chi connectivity index (χ4v) is 1.60. The van der Waals surface area contributed by atoms with Gasteiger partial charge in [-0.3, -0.25) is 0 Å².